The normalized spacial score (nSPS) is 12.8. The molecule has 0 aliphatic rings. The number of hydrogen-bond acceptors (Lipinski definition) is 6. The fraction of sp³-hybridized carbons (Fsp3) is 0.674. The van der Waals surface area contributed by atoms with Crippen molar-refractivity contribution in [2.24, 2.45) is 0 Å². The monoisotopic (exact) mass is 725 g/mol. The standard InChI is InChI=1S/C46H76O6/c1-4-7-10-13-16-19-22-25-27-30-33-36-39-45(48)51-42-43(52-46(49)40-37-34-31-28-24-21-18-15-12-9-6-3)41-50-44(47)38-35-32-29-26-23-20-17-14-11-8-5-2/h7,9-10,12,14,16-19,21,28,31,43H,4-6,8,11,13,15,20,22-27,29-30,32-42H2,1-3H3/b10-7-,12-9-,17-14-,19-16-,21-18-,31-28-. The lowest BCUT2D eigenvalue weighted by Crippen LogP contribution is -2.30. The summed E-state index contributed by atoms with van der Waals surface area (Å²) in [4.78, 5) is 37.5. The Morgan fingerprint density at radius 1 is 0.404 bits per heavy atom. The predicted octanol–water partition coefficient (Wildman–Crippen LogP) is 13.1. The third-order valence-electron chi connectivity index (χ3n) is 8.43. The van der Waals surface area contributed by atoms with Gasteiger partial charge in [0.2, 0.25) is 0 Å². The number of allylic oxidation sites excluding steroid dienone is 12. The van der Waals surface area contributed by atoms with Crippen LogP contribution >= 0.6 is 0 Å². The van der Waals surface area contributed by atoms with Crippen molar-refractivity contribution in [3.05, 3.63) is 72.9 Å². The van der Waals surface area contributed by atoms with Crippen molar-refractivity contribution in [2.45, 2.75) is 187 Å². The molecule has 1 unspecified atom stereocenters. The van der Waals surface area contributed by atoms with E-state index >= 15 is 0 Å². The topological polar surface area (TPSA) is 78.9 Å². The van der Waals surface area contributed by atoms with Crippen molar-refractivity contribution >= 4 is 17.9 Å². The lowest BCUT2D eigenvalue weighted by Gasteiger charge is -2.18. The molecule has 0 radical (unpaired) electrons. The highest BCUT2D eigenvalue weighted by molar-refractivity contribution is 5.71. The molecule has 0 saturated heterocycles. The van der Waals surface area contributed by atoms with E-state index in [0.29, 0.717) is 19.3 Å². The van der Waals surface area contributed by atoms with Crippen LogP contribution in [0.1, 0.15) is 181 Å². The smallest absolute Gasteiger partial charge is 0.306 e. The molecule has 0 aliphatic carbocycles. The van der Waals surface area contributed by atoms with Crippen LogP contribution in [0.2, 0.25) is 0 Å². The summed E-state index contributed by atoms with van der Waals surface area (Å²) in [5, 5.41) is 0. The molecule has 0 spiro atoms. The van der Waals surface area contributed by atoms with E-state index in [1.165, 1.54) is 25.7 Å². The first-order chi connectivity index (χ1) is 25.5. The lowest BCUT2D eigenvalue weighted by molar-refractivity contribution is -0.167. The van der Waals surface area contributed by atoms with Crippen LogP contribution in [-0.4, -0.2) is 37.2 Å². The van der Waals surface area contributed by atoms with Crippen molar-refractivity contribution in [2.75, 3.05) is 13.2 Å². The van der Waals surface area contributed by atoms with Crippen molar-refractivity contribution in [1.29, 1.82) is 0 Å². The van der Waals surface area contributed by atoms with Gasteiger partial charge >= 0.3 is 17.9 Å². The van der Waals surface area contributed by atoms with Gasteiger partial charge in [-0.05, 0) is 89.9 Å². The minimum Gasteiger partial charge on any atom is -0.462 e. The van der Waals surface area contributed by atoms with Crippen LogP contribution in [0, 0.1) is 0 Å². The Balaban J connectivity index is 4.49. The molecule has 0 aromatic heterocycles. The van der Waals surface area contributed by atoms with E-state index in [4.69, 9.17) is 14.2 Å². The number of hydrogen-bond donors (Lipinski definition) is 0. The zero-order valence-electron chi connectivity index (χ0n) is 33.5. The van der Waals surface area contributed by atoms with E-state index in [2.05, 4.69) is 93.7 Å². The Bertz CT molecular complexity index is 1020. The Morgan fingerprint density at radius 2 is 0.769 bits per heavy atom. The van der Waals surface area contributed by atoms with Gasteiger partial charge in [-0.3, -0.25) is 14.4 Å². The molecule has 0 aliphatic heterocycles. The second-order valence-corrected chi connectivity index (χ2v) is 13.5. The molecular weight excluding hydrogens is 648 g/mol. The van der Waals surface area contributed by atoms with Gasteiger partial charge < -0.3 is 14.2 Å². The fourth-order valence-corrected chi connectivity index (χ4v) is 5.30. The summed E-state index contributed by atoms with van der Waals surface area (Å²) in [5.41, 5.74) is 0. The van der Waals surface area contributed by atoms with Crippen LogP contribution in [0.25, 0.3) is 0 Å². The summed E-state index contributed by atoms with van der Waals surface area (Å²) in [7, 11) is 0. The van der Waals surface area contributed by atoms with E-state index in [9.17, 15) is 14.4 Å². The maximum atomic E-state index is 12.6. The summed E-state index contributed by atoms with van der Waals surface area (Å²) in [6.07, 6.45) is 49.0. The van der Waals surface area contributed by atoms with Gasteiger partial charge in [-0.1, -0.05) is 145 Å². The molecule has 52 heavy (non-hydrogen) atoms. The summed E-state index contributed by atoms with van der Waals surface area (Å²) in [5.74, 6) is -0.997. The summed E-state index contributed by atoms with van der Waals surface area (Å²) < 4.78 is 16.6. The van der Waals surface area contributed by atoms with Crippen LogP contribution in [-0.2, 0) is 28.6 Å². The summed E-state index contributed by atoms with van der Waals surface area (Å²) >= 11 is 0. The average Bonchev–Trinajstić information content (AvgIpc) is 3.14. The average molecular weight is 725 g/mol. The molecule has 0 rings (SSSR count). The largest absolute Gasteiger partial charge is 0.462 e. The van der Waals surface area contributed by atoms with E-state index in [-0.39, 0.29) is 37.5 Å². The second-order valence-electron chi connectivity index (χ2n) is 13.5. The van der Waals surface area contributed by atoms with Gasteiger partial charge in [0.1, 0.15) is 13.2 Å². The Hall–Kier alpha value is -3.15. The van der Waals surface area contributed by atoms with Crippen molar-refractivity contribution in [3.63, 3.8) is 0 Å². The van der Waals surface area contributed by atoms with Gasteiger partial charge in [0.15, 0.2) is 6.10 Å². The SMILES string of the molecule is CC/C=C\C/C=C\C/C=C\CCCC(=O)OC(COC(=O)CCCCCCC/C=C\C/C=C\CC)COC(=O)CCCCCCC/C=C\CCCC. The summed E-state index contributed by atoms with van der Waals surface area (Å²) in [6, 6.07) is 0. The lowest BCUT2D eigenvalue weighted by atomic mass is 10.1. The highest BCUT2D eigenvalue weighted by Gasteiger charge is 2.19. The van der Waals surface area contributed by atoms with Crippen LogP contribution in [0.15, 0.2) is 72.9 Å². The van der Waals surface area contributed by atoms with E-state index in [0.717, 1.165) is 109 Å². The molecule has 0 heterocycles. The molecule has 6 heteroatoms. The quantitative estimate of drug-likeness (QED) is 0.0277. The summed E-state index contributed by atoms with van der Waals surface area (Å²) in [6.45, 7) is 6.27. The van der Waals surface area contributed by atoms with E-state index in [1.54, 1.807) is 0 Å². The molecule has 6 nitrogen and oxygen atoms in total. The zero-order chi connectivity index (χ0) is 38.0. The number of esters is 3. The first-order valence-corrected chi connectivity index (χ1v) is 20.9. The van der Waals surface area contributed by atoms with Crippen molar-refractivity contribution in [3.8, 4) is 0 Å². The molecule has 0 aromatic rings. The highest BCUT2D eigenvalue weighted by atomic mass is 16.6. The molecule has 0 saturated carbocycles. The fourth-order valence-electron chi connectivity index (χ4n) is 5.30. The van der Waals surface area contributed by atoms with Gasteiger partial charge in [0.25, 0.3) is 0 Å². The Labute approximate surface area is 319 Å². The number of unbranched alkanes of at least 4 members (excludes halogenated alkanes) is 13. The first kappa shape index (κ1) is 48.9. The third kappa shape index (κ3) is 38.1. The minimum atomic E-state index is -0.807. The van der Waals surface area contributed by atoms with Crippen molar-refractivity contribution < 1.29 is 28.6 Å². The number of rotatable bonds is 36. The Kier molecular flexibility index (Phi) is 38.2. The van der Waals surface area contributed by atoms with E-state index in [1.807, 2.05) is 0 Å². The first-order valence-electron chi connectivity index (χ1n) is 20.9. The molecule has 0 amide bonds. The molecule has 1 atom stereocenters. The molecule has 0 bridgehead atoms. The van der Waals surface area contributed by atoms with Crippen LogP contribution < -0.4 is 0 Å². The molecule has 0 fully saturated rings. The van der Waals surface area contributed by atoms with Gasteiger partial charge in [-0.2, -0.15) is 0 Å². The second kappa shape index (κ2) is 40.6. The minimum absolute atomic E-state index is 0.106. The molecular formula is C46H76O6. The van der Waals surface area contributed by atoms with Gasteiger partial charge in [-0.25, -0.2) is 0 Å². The van der Waals surface area contributed by atoms with Gasteiger partial charge in [-0.15, -0.1) is 0 Å². The number of ether oxygens (including phenoxy) is 3. The molecule has 296 valence electrons. The van der Waals surface area contributed by atoms with E-state index < -0.39 is 6.10 Å². The van der Waals surface area contributed by atoms with Gasteiger partial charge in [0, 0.05) is 19.3 Å². The van der Waals surface area contributed by atoms with Crippen LogP contribution in [0.5, 0.6) is 0 Å². The zero-order valence-corrected chi connectivity index (χ0v) is 33.5. The number of carbonyl (C=O) groups is 3. The predicted molar refractivity (Wildman–Crippen MR) is 219 cm³/mol. The van der Waals surface area contributed by atoms with Crippen molar-refractivity contribution in [1.82, 2.24) is 0 Å². The van der Waals surface area contributed by atoms with Crippen LogP contribution in [0.3, 0.4) is 0 Å². The Morgan fingerprint density at radius 3 is 1.25 bits per heavy atom. The van der Waals surface area contributed by atoms with Gasteiger partial charge in [0.05, 0.1) is 0 Å². The maximum absolute atomic E-state index is 12.6. The third-order valence-corrected chi connectivity index (χ3v) is 8.43. The number of carbonyl (C=O) groups excluding carboxylic acids is 3. The highest BCUT2D eigenvalue weighted by Crippen LogP contribution is 2.12. The molecule has 0 aromatic carbocycles. The maximum Gasteiger partial charge on any atom is 0.306 e. The van der Waals surface area contributed by atoms with Crippen LogP contribution in [0.4, 0.5) is 0 Å². The molecule has 0 N–H and O–H groups in total.